The van der Waals surface area contributed by atoms with Crippen LogP contribution in [0.2, 0.25) is 0 Å². The number of hydrogen-bond acceptors (Lipinski definition) is 3. The number of ether oxygens (including phenoxy) is 2. The van der Waals surface area contributed by atoms with Crippen LogP contribution in [0, 0.1) is 5.92 Å². The van der Waals surface area contributed by atoms with E-state index in [2.05, 4.69) is 24.0 Å². The van der Waals surface area contributed by atoms with Gasteiger partial charge in [-0.15, -0.1) is 0 Å². The van der Waals surface area contributed by atoms with Crippen molar-refractivity contribution in [3.8, 4) is 11.5 Å². The molecule has 4 rings (SSSR count). The third kappa shape index (κ3) is 2.67. The molecular formula is C18H23NO3. The van der Waals surface area contributed by atoms with Gasteiger partial charge in [0.25, 0.3) is 0 Å². The molecule has 2 aliphatic carbocycles. The number of fused-ring (bicyclic) bond motifs is 1. The van der Waals surface area contributed by atoms with Gasteiger partial charge in [0.2, 0.25) is 5.91 Å². The Hall–Kier alpha value is -1.71. The molecule has 0 N–H and O–H groups in total. The van der Waals surface area contributed by atoms with Crippen molar-refractivity contribution in [2.75, 3.05) is 13.2 Å². The van der Waals surface area contributed by atoms with Gasteiger partial charge >= 0.3 is 0 Å². The van der Waals surface area contributed by atoms with E-state index in [0.717, 1.165) is 49.2 Å². The Kier molecular flexibility index (Phi) is 3.47. The Bertz CT molecular complexity index is 578. The summed E-state index contributed by atoms with van der Waals surface area (Å²) in [6.07, 6.45) is 5.33. The van der Waals surface area contributed by atoms with Gasteiger partial charge in [-0.05, 0) is 50.3 Å². The van der Waals surface area contributed by atoms with Crippen LogP contribution in [0.15, 0.2) is 18.2 Å². The normalized spacial score (nSPS) is 21.9. The second-order valence-electron chi connectivity index (χ2n) is 6.68. The van der Waals surface area contributed by atoms with Crippen LogP contribution < -0.4 is 9.47 Å². The highest BCUT2D eigenvalue weighted by atomic mass is 16.5. The lowest BCUT2D eigenvalue weighted by Crippen LogP contribution is -2.36. The van der Waals surface area contributed by atoms with E-state index in [9.17, 15) is 4.79 Å². The fraction of sp³-hybridized carbons (Fsp3) is 0.611. The van der Waals surface area contributed by atoms with Crippen molar-refractivity contribution in [3.63, 3.8) is 0 Å². The minimum Gasteiger partial charge on any atom is -0.490 e. The van der Waals surface area contributed by atoms with Crippen molar-refractivity contribution in [1.29, 1.82) is 0 Å². The molecule has 2 fully saturated rings. The number of carbonyl (C=O) groups excluding carboxylic acids is 1. The Labute approximate surface area is 131 Å². The first-order valence-electron chi connectivity index (χ1n) is 8.46. The monoisotopic (exact) mass is 301 g/mol. The van der Waals surface area contributed by atoms with E-state index in [-0.39, 0.29) is 12.0 Å². The average Bonchev–Trinajstić information content (AvgIpc) is 3.41. The third-order valence-electron chi connectivity index (χ3n) is 4.79. The van der Waals surface area contributed by atoms with E-state index in [4.69, 9.17) is 9.47 Å². The summed E-state index contributed by atoms with van der Waals surface area (Å²) in [4.78, 5) is 14.7. The summed E-state index contributed by atoms with van der Waals surface area (Å²) in [5.74, 6) is 2.27. The molecule has 2 saturated carbocycles. The Balaban J connectivity index is 1.59. The van der Waals surface area contributed by atoms with Crippen molar-refractivity contribution in [2.24, 2.45) is 5.92 Å². The number of hydrogen-bond donors (Lipinski definition) is 0. The van der Waals surface area contributed by atoms with Gasteiger partial charge in [-0.3, -0.25) is 4.79 Å². The predicted molar refractivity (Wildman–Crippen MR) is 83.1 cm³/mol. The highest BCUT2D eigenvalue weighted by Crippen LogP contribution is 2.42. The maximum Gasteiger partial charge on any atom is 0.226 e. The Morgan fingerprint density at radius 3 is 2.55 bits per heavy atom. The smallest absolute Gasteiger partial charge is 0.226 e. The van der Waals surface area contributed by atoms with Gasteiger partial charge in [0.1, 0.15) is 0 Å². The fourth-order valence-corrected chi connectivity index (χ4v) is 3.18. The number of nitrogens with zero attached hydrogens (tertiary/aromatic N) is 1. The number of rotatable bonds is 4. The molecule has 0 spiro atoms. The van der Waals surface area contributed by atoms with Gasteiger partial charge in [-0.25, -0.2) is 0 Å². The lowest BCUT2D eigenvalue weighted by molar-refractivity contribution is -0.135. The summed E-state index contributed by atoms with van der Waals surface area (Å²) in [6, 6.07) is 6.67. The van der Waals surface area contributed by atoms with Gasteiger partial charge in [0.05, 0.1) is 19.3 Å². The molecular weight excluding hydrogens is 278 g/mol. The molecule has 3 aliphatic rings. The highest BCUT2D eigenvalue weighted by molar-refractivity contribution is 5.82. The van der Waals surface area contributed by atoms with Crippen LogP contribution in [0.5, 0.6) is 11.5 Å². The second kappa shape index (κ2) is 5.49. The van der Waals surface area contributed by atoms with Gasteiger partial charge in [-0.2, -0.15) is 0 Å². The zero-order valence-corrected chi connectivity index (χ0v) is 13.1. The van der Waals surface area contributed by atoms with Crippen LogP contribution in [0.25, 0.3) is 0 Å². The SMILES string of the molecule is CC(c1ccc2c(c1)OCCCO2)N(C(=O)C1CC1)C1CC1. The molecule has 1 aromatic carbocycles. The van der Waals surface area contributed by atoms with E-state index < -0.39 is 0 Å². The number of benzene rings is 1. The first-order valence-corrected chi connectivity index (χ1v) is 8.46. The first kappa shape index (κ1) is 13.9. The minimum atomic E-state index is 0.109. The summed E-state index contributed by atoms with van der Waals surface area (Å²) < 4.78 is 11.5. The predicted octanol–water partition coefficient (Wildman–Crippen LogP) is 3.31. The van der Waals surface area contributed by atoms with E-state index in [1.54, 1.807) is 0 Å². The maximum atomic E-state index is 12.6. The summed E-state index contributed by atoms with van der Waals surface area (Å²) in [5, 5.41) is 0. The molecule has 0 saturated heterocycles. The zero-order valence-electron chi connectivity index (χ0n) is 13.1. The molecule has 118 valence electrons. The largest absolute Gasteiger partial charge is 0.490 e. The van der Waals surface area contributed by atoms with Gasteiger partial charge < -0.3 is 14.4 Å². The molecule has 0 bridgehead atoms. The van der Waals surface area contributed by atoms with Crippen molar-refractivity contribution in [3.05, 3.63) is 23.8 Å². The molecule has 22 heavy (non-hydrogen) atoms. The molecule has 1 heterocycles. The number of amides is 1. The van der Waals surface area contributed by atoms with Crippen LogP contribution >= 0.6 is 0 Å². The standard InChI is InChI=1S/C18H23NO3/c1-12(19(15-6-7-15)18(20)13-3-4-13)14-5-8-16-17(11-14)22-10-2-9-21-16/h5,8,11-13,15H,2-4,6-7,9-10H2,1H3. The quantitative estimate of drug-likeness (QED) is 0.856. The molecule has 1 aromatic rings. The molecule has 4 nitrogen and oxygen atoms in total. The van der Waals surface area contributed by atoms with Gasteiger partial charge in [-0.1, -0.05) is 6.07 Å². The number of carbonyl (C=O) groups is 1. The van der Waals surface area contributed by atoms with E-state index in [0.29, 0.717) is 25.2 Å². The van der Waals surface area contributed by atoms with Crippen LogP contribution in [0.1, 0.15) is 50.6 Å². The van der Waals surface area contributed by atoms with Crippen LogP contribution in [0.4, 0.5) is 0 Å². The van der Waals surface area contributed by atoms with Crippen molar-refractivity contribution < 1.29 is 14.3 Å². The summed E-state index contributed by atoms with van der Waals surface area (Å²) in [5.41, 5.74) is 1.14. The summed E-state index contributed by atoms with van der Waals surface area (Å²) in [7, 11) is 0. The molecule has 1 aliphatic heterocycles. The summed E-state index contributed by atoms with van der Waals surface area (Å²) in [6.45, 7) is 3.53. The van der Waals surface area contributed by atoms with E-state index in [1.807, 2.05) is 6.07 Å². The maximum absolute atomic E-state index is 12.6. The zero-order chi connectivity index (χ0) is 15.1. The molecule has 0 aromatic heterocycles. The molecule has 1 amide bonds. The molecule has 4 heteroatoms. The van der Waals surface area contributed by atoms with Crippen molar-refractivity contribution >= 4 is 5.91 Å². The van der Waals surface area contributed by atoms with Gasteiger partial charge in [0.15, 0.2) is 11.5 Å². The molecule has 1 unspecified atom stereocenters. The van der Waals surface area contributed by atoms with Crippen LogP contribution in [-0.2, 0) is 4.79 Å². The van der Waals surface area contributed by atoms with Crippen LogP contribution in [-0.4, -0.2) is 30.1 Å². The minimum absolute atomic E-state index is 0.109. The lowest BCUT2D eigenvalue weighted by atomic mass is 10.0. The highest BCUT2D eigenvalue weighted by Gasteiger charge is 2.42. The van der Waals surface area contributed by atoms with Crippen molar-refractivity contribution in [2.45, 2.75) is 51.1 Å². The van der Waals surface area contributed by atoms with E-state index in [1.165, 1.54) is 0 Å². The molecule has 0 radical (unpaired) electrons. The summed E-state index contributed by atoms with van der Waals surface area (Å²) >= 11 is 0. The lowest BCUT2D eigenvalue weighted by Gasteiger charge is -2.30. The molecule has 1 atom stereocenters. The second-order valence-corrected chi connectivity index (χ2v) is 6.68. The van der Waals surface area contributed by atoms with E-state index >= 15 is 0 Å². The first-order chi connectivity index (χ1) is 10.7. The third-order valence-corrected chi connectivity index (χ3v) is 4.79. The van der Waals surface area contributed by atoms with Crippen LogP contribution in [0.3, 0.4) is 0 Å². The Morgan fingerprint density at radius 1 is 1.14 bits per heavy atom. The topological polar surface area (TPSA) is 38.8 Å². The Morgan fingerprint density at radius 2 is 1.86 bits per heavy atom. The van der Waals surface area contributed by atoms with Gasteiger partial charge in [0, 0.05) is 18.4 Å². The fourth-order valence-electron chi connectivity index (χ4n) is 3.18. The van der Waals surface area contributed by atoms with Crippen molar-refractivity contribution in [1.82, 2.24) is 4.90 Å². The average molecular weight is 301 g/mol.